The van der Waals surface area contributed by atoms with E-state index in [4.69, 9.17) is 4.74 Å². The number of hydrogen-bond donors (Lipinski definition) is 2. The Bertz CT molecular complexity index is 1070. The third kappa shape index (κ3) is 6.67. The predicted octanol–water partition coefficient (Wildman–Crippen LogP) is 3.22. The van der Waals surface area contributed by atoms with Gasteiger partial charge < -0.3 is 15.4 Å². The van der Waals surface area contributed by atoms with Crippen LogP contribution >= 0.6 is 0 Å². The van der Waals surface area contributed by atoms with Crippen LogP contribution in [0.15, 0.2) is 78.9 Å². The molecule has 0 unspecified atom stereocenters. The van der Waals surface area contributed by atoms with Crippen LogP contribution < -0.4 is 15.4 Å². The van der Waals surface area contributed by atoms with Crippen molar-refractivity contribution in [1.29, 1.82) is 0 Å². The van der Waals surface area contributed by atoms with Crippen molar-refractivity contribution >= 4 is 17.5 Å². The highest BCUT2D eigenvalue weighted by Crippen LogP contribution is 2.14. The maximum Gasteiger partial charge on any atom is 0.270 e. The summed E-state index contributed by atoms with van der Waals surface area (Å²) in [6, 6.07) is 22.4. The van der Waals surface area contributed by atoms with Crippen molar-refractivity contribution < 1.29 is 19.2 Å². The number of benzene rings is 3. The Labute approximate surface area is 179 Å². The highest BCUT2D eigenvalue weighted by Gasteiger charge is 2.12. The molecule has 0 aliphatic rings. The smallest absolute Gasteiger partial charge is 0.270 e. The van der Waals surface area contributed by atoms with Crippen LogP contribution in [-0.2, 0) is 17.9 Å². The third-order valence-electron chi connectivity index (χ3n) is 4.36. The Balaban J connectivity index is 1.45. The average molecular weight is 419 g/mol. The van der Waals surface area contributed by atoms with E-state index < -0.39 is 10.8 Å². The van der Waals surface area contributed by atoms with Gasteiger partial charge in [-0.05, 0) is 29.3 Å². The monoisotopic (exact) mass is 419 g/mol. The summed E-state index contributed by atoms with van der Waals surface area (Å²) < 4.78 is 5.73. The minimum Gasteiger partial charge on any atom is -0.489 e. The Hall–Kier alpha value is -4.20. The first-order chi connectivity index (χ1) is 15.0. The standard InChI is InChI=1S/C23H21N3O5/c27-22(15-25-23(28)19-8-5-9-20(13-19)26(29)30)24-14-17-6-4-7-18(12-17)16-31-21-10-2-1-3-11-21/h1-13H,14-16H2,(H,24,27)(H,25,28). The molecule has 2 N–H and O–H groups in total. The molecule has 31 heavy (non-hydrogen) atoms. The second kappa shape index (κ2) is 10.5. The normalized spacial score (nSPS) is 10.2. The molecule has 0 fully saturated rings. The highest BCUT2D eigenvalue weighted by atomic mass is 16.6. The summed E-state index contributed by atoms with van der Waals surface area (Å²) in [4.78, 5) is 34.4. The fourth-order valence-corrected chi connectivity index (χ4v) is 2.80. The number of para-hydroxylation sites is 1. The number of carbonyl (C=O) groups excluding carboxylic acids is 2. The summed E-state index contributed by atoms with van der Waals surface area (Å²) in [6.45, 7) is 0.466. The number of nitrogens with one attached hydrogen (secondary N) is 2. The van der Waals surface area contributed by atoms with Crippen LogP contribution in [0.25, 0.3) is 0 Å². The van der Waals surface area contributed by atoms with Gasteiger partial charge in [0.25, 0.3) is 11.6 Å². The molecular formula is C23H21N3O5. The molecule has 0 radical (unpaired) electrons. The molecule has 0 saturated carbocycles. The molecule has 0 saturated heterocycles. The molecule has 0 atom stereocenters. The zero-order valence-corrected chi connectivity index (χ0v) is 16.6. The fraction of sp³-hybridized carbons (Fsp3) is 0.130. The lowest BCUT2D eigenvalue weighted by molar-refractivity contribution is -0.384. The lowest BCUT2D eigenvalue weighted by Crippen LogP contribution is -2.36. The van der Waals surface area contributed by atoms with Gasteiger partial charge in [0, 0.05) is 24.2 Å². The van der Waals surface area contributed by atoms with E-state index in [-0.39, 0.29) is 23.7 Å². The molecule has 158 valence electrons. The average Bonchev–Trinajstić information content (AvgIpc) is 2.81. The van der Waals surface area contributed by atoms with Crippen LogP contribution in [-0.4, -0.2) is 23.3 Å². The first-order valence-corrected chi connectivity index (χ1v) is 9.56. The van der Waals surface area contributed by atoms with Crippen molar-refractivity contribution in [2.75, 3.05) is 6.54 Å². The number of rotatable bonds is 9. The van der Waals surface area contributed by atoms with Crippen LogP contribution in [0.1, 0.15) is 21.5 Å². The Morgan fingerprint density at radius 1 is 0.871 bits per heavy atom. The van der Waals surface area contributed by atoms with Crippen LogP contribution in [0.2, 0.25) is 0 Å². The molecule has 0 bridgehead atoms. The zero-order valence-electron chi connectivity index (χ0n) is 16.6. The Morgan fingerprint density at radius 2 is 1.61 bits per heavy atom. The van der Waals surface area contributed by atoms with E-state index in [9.17, 15) is 19.7 Å². The molecule has 0 heterocycles. The highest BCUT2D eigenvalue weighted by molar-refractivity contribution is 5.96. The van der Waals surface area contributed by atoms with Crippen molar-refractivity contribution in [3.63, 3.8) is 0 Å². The zero-order chi connectivity index (χ0) is 22.1. The number of nitro benzene ring substituents is 1. The van der Waals surface area contributed by atoms with Gasteiger partial charge in [-0.1, -0.05) is 48.5 Å². The van der Waals surface area contributed by atoms with Gasteiger partial charge in [-0.15, -0.1) is 0 Å². The van der Waals surface area contributed by atoms with Crippen molar-refractivity contribution in [3.05, 3.63) is 106 Å². The van der Waals surface area contributed by atoms with Crippen LogP contribution in [0.5, 0.6) is 5.75 Å². The van der Waals surface area contributed by atoms with Crippen LogP contribution in [0.3, 0.4) is 0 Å². The number of ether oxygens (including phenoxy) is 1. The summed E-state index contributed by atoms with van der Waals surface area (Å²) >= 11 is 0. The summed E-state index contributed by atoms with van der Waals surface area (Å²) in [5.74, 6) is -0.149. The van der Waals surface area contributed by atoms with E-state index in [1.54, 1.807) is 0 Å². The van der Waals surface area contributed by atoms with Crippen molar-refractivity contribution in [2.24, 2.45) is 0 Å². The van der Waals surface area contributed by atoms with Gasteiger partial charge in [-0.3, -0.25) is 19.7 Å². The molecule has 0 aliphatic carbocycles. The van der Waals surface area contributed by atoms with Crippen molar-refractivity contribution in [1.82, 2.24) is 10.6 Å². The minimum absolute atomic E-state index is 0.119. The van der Waals surface area contributed by atoms with Gasteiger partial charge in [0.2, 0.25) is 5.91 Å². The molecular weight excluding hydrogens is 398 g/mol. The van der Waals surface area contributed by atoms with Gasteiger partial charge in [-0.25, -0.2) is 0 Å². The summed E-state index contributed by atoms with van der Waals surface area (Å²) in [7, 11) is 0. The summed E-state index contributed by atoms with van der Waals surface area (Å²) in [6.07, 6.45) is 0. The van der Waals surface area contributed by atoms with E-state index in [0.717, 1.165) is 22.9 Å². The quantitative estimate of drug-likeness (QED) is 0.409. The molecule has 0 spiro atoms. The lowest BCUT2D eigenvalue weighted by atomic mass is 10.1. The van der Waals surface area contributed by atoms with Gasteiger partial charge in [-0.2, -0.15) is 0 Å². The molecule has 2 amide bonds. The van der Waals surface area contributed by atoms with E-state index in [0.29, 0.717) is 13.2 Å². The van der Waals surface area contributed by atoms with Gasteiger partial charge in [0.1, 0.15) is 12.4 Å². The number of nitro groups is 1. The number of amides is 2. The van der Waals surface area contributed by atoms with E-state index in [1.165, 1.54) is 18.2 Å². The van der Waals surface area contributed by atoms with Crippen molar-refractivity contribution in [2.45, 2.75) is 13.2 Å². The molecule has 8 nitrogen and oxygen atoms in total. The first-order valence-electron chi connectivity index (χ1n) is 9.56. The number of nitrogens with zero attached hydrogens (tertiary/aromatic N) is 1. The van der Waals surface area contributed by atoms with Crippen LogP contribution in [0.4, 0.5) is 5.69 Å². The van der Waals surface area contributed by atoms with Gasteiger partial charge in [0.05, 0.1) is 11.5 Å². The largest absolute Gasteiger partial charge is 0.489 e. The van der Waals surface area contributed by atoms with Crippen molar-refractivity contribution in [3.8, 4) is 5.75 Å². The molecule has 3 aromatic carbocycles. The molecule has 0 aliphatic heterocycles. The van der Waals surface area contributed by atoms with Gasteiger partial charge >= 0.3 is 0 Å². The SMILES string of the molecule is O=C(CNC(=O)c1cccc([N+](=O)[O-])c1)NCc1cccc(COc2ccccc2)c1. The second-order valence-electron chi connectivity index (χ2n) is 6.69. The lowest BCUT2D eigenvalue weighted by Gasteiger charge is -2.09. The third-order valence-corrected chi connectivity index (χ3v) is 4.36. The topological polar surface area (TPSA) is 111 Å². The first kappa shape index (κ1) is 21.5. The molecule has 0 aromatic heterocycles. The minimum atomic E-state index is -0.581. The predicted molar refractivity (Wildman–Crippen MR) is 114 cm³/mol. The summed E-state index contributed by atoms with van der Waals surface area (Å²) in [5, 5.41) is 16.0. The van der Waals surface area contributed by atoms with Crippen LogP contribution in [0, 0.1) is 10.1 Å². The maximum atomic E-state index is 12.1. The second-order valence-corrected chi connectivity index (χ2v) is 6.69. The molecule has 3 rings (SSSR count). The number of non-ortho nitro benzene ring substituents is 1. The van der Waals surface area contributed by atoms with E-state index in [2.05, 4.69) is 10.6 Å². The maximum absolute atomic E-state index is 12.1. The Kier molecular flexibility index (Phi) is 7.31. The van der Waals surface area contributed by atoms with E-state index in [1.807, 2.05) is 54.6 Å². The molecule has 8 heteroatoms. The Morgan fingerprint density at radius 3 is 2.39 bits per heavy atom. The van der Waals surface area contributed by atoms with E-state index >= 15 is 0 Å². The van der Waals surface area contributed by atoms with Gasteiger partial charge in [0.15, 0.2) is 0 Å². The summed E-state index contributed by atoms with van der Waals surface area (Å²) in [5.41, 5.74) is 1.79. The number of carbonyl (C=O) groups is 2. The number of hydrogen-bond acceptors (Lipinski definition) is 5. The molecule has 3 aromatic rings. The fourth-order valence-electron chi connectivity index (χ4n) is 2.80.